The molecule has 106 valence electrons. The second kappa shape index (κ2) is 6.76. The summed E-state index contributed by atoms with van der Waals surface area (Å²) in [5.74, 6) is -1.64. The Bertz CT molecular complexity index is 584. The number of rotatable bonds is 5. The van der Waals surface area contributed by atoms with Crippen molar-refractivity contribution in [2.24, 2.45) is 0 Å². The van der Waals surface area contributed by atoms with E-state index in [2.05, 4.69) is 26.2 Å². The molecular weight excluding hydrogens is 330 g/mol. The summed E-state index contributed by atoms with van der Waals surface area (Å²) in [4.78, 5) is 3.87. The van der Waals surface area contributed by atoms with Gasteiger partial charge in [0, 0.05) is 17.2 Å². The molecule has 3 nitrogen and oxygen atoms in total. The first kappa shape index (κ1) is 14.9. The molecule has 0 radical (unpaired) electrons. The van der Waals surface area contributed by atoms with Crippen LogP contribution in [0.15, 0.2) is 35.1 Å². The first-order chi connectivity index (χ1) is 9.60. The monoisotopic (exact) mass is 342 g/mol. The second-order valence-corrected chi connectivity index (χ2v) is 5.03. The van der Waals surface area contributed by atoms with Gasteiger partial charge in [-0.05, 0) is 46.2 Å². The van der Waals surface area contributed by atoms with Gasteiger partial charge in [-0.15, -0.1) is 0 Å². The van der Waals surface area contributed by atoms with Gasteiger partial charge in [-0.1, -0.05) is 6.92 Å². The number of ether oxygens (including phenoxy) is 1. The summed E-state index contributed by atoms with van der Waals surface area (Å²) < 4.78 is 33.7. The topological polar surface area (TPSA) is 34.1 Å². The van der Waals surface area contributed by atoms with E-state index in [9.17, 15) is 8.78 Å². The Morgan fingerprint density at radius 1 is 1.20 bits per heavy atom. The molecule has 1 aromatic heterocycles. The molecule has 1 aromatic carbocycles. The third-order valence-electron chi connectivity index (χ3n) is 2.54. The molecule has 20 heavy (non-hydrogen) atoms. The highest BCUT2D eigenvalue weighted by Gasteiger charge is 2.14. The lowest BCUT2D eigenvalue weighted by molar-refractivity contribution is 0.404. The van der Waals surface area contributed by atoms with Gasteiger partial charge in [0.1, 0.15) is 5.75 Å². The standard InChI is InChI=1S/C14H13BrF2N2O/c1-2-18-6-9-3-12(16)14(13(17)4-9)20-11-5-10(15)7-19-8-11/h3-5,7-8,18H,2,6H2,1H3. The van der Waals surface area contributed by atoms with Crippen molar-refractivity contribution in [3.63, 3.8) is 0 Å². The fourth-order valence-corrected chi connectivity index (χ4v) is 1.99. The predicted octanol–water partition coefficient (Wildman–Crippen LogP) is 4.02. The highest BCUT2D eigenvalue weighted by atomic mass is 79.9. The van der Waals surface area contributed by atoms with Gasteiger partial charge in [-0.3, -0.25) is 4.98 Å². The zero-order valence-electron chi connectivity index (χ0n) is 10.8. The zero-order valence-corrected chi connectivity index (χ0v) is 12.4. The molecule has 1 heterocycles. The van der Waals surface area contributed by atoms with Gasteiger partial charge >= 0.3 is 0 Å². The maximum absolute atomic E-state index is 13.9. The number of nitrogens with zero attached hydrogens (tertiary/aromatic N) is 1. The summed E-state index contributed by atoms with van der Waals surface area (Å²) in [6, 6.07) is 4.09. The first-order valence-corrected chi connectivity index (χ1v) is 6.86. The van der Waals surface area contributed by atoms with Crippen LogP contribution in [0.25, 0.3) is 0 Å². The van der Waals surface area contributed by atoms with Crippen molar-refractivity contribution in [1.82, 2.24) is 10.3 Å². The van der Waals surface area contributed by atoms with Crippen LogP contribution in [0.5, 0.6) is 11.5 Å². The van der Waals surface area contributed by atoms with Crippen molar-refractivity contribution < 1.29 is 13.5 Å². The van der Waals surface area contributed by atoms with Gasteiger partial charge in [-0.25, -0.2) is 8.78 Å². The maximum Gasteiger partial charge on any atom is 0.198 e. The van der Waals surface area contributed by atoms with Gasteiger partial charge in [0.15, 0.2) is 17.4 Å². The molecule has 0 unspecified atom stereocenters. The Labute approximate surface area is 124 Å². The molecule has 0 aliphatic rings. The SMILES string of the molecule is CCNCc1cc(F)c(Oc2cncc(Br)c2)c(F)c1. The number of aromatic nitrogens is 1. The van der Waals surface area contributed by atoms with Crippen molar-refractivity contribution >= 4 is 15.9 Å². The molecule has 0 amide bonds. The van der Waals surface area contributed by atoms with Crippen LogP contribution in [0, 0.1) is 11.6 Å². The van der Waals surface area contributed by atoms with Crippen molar-refractivity contribution in [3.05, 3.63) is 52.3 Å². The van der Waals surface area contributed by atoms with E-state index in [1.54, 1.807) is 12.3 Å². The average molecular weight is 343 g/mol. The van der Waals surface area contributed by atoms with E-state index in [0.29, 0.717) is 16.6 Å². The fourth-order valence-electron chi connectivity index (χ4n) is 1.65. The molecule has 2 rings (SSSR count). The Hall–Kier alpha value is -1.53. The van der Waals surface area contributed by atoms with Gasteiger partial charge < -0.3 is 10.1 Å². The fraction of sp³-hybridized carbons (Fsp3) is 0.214. The Morgan fingerprint density at radius 2 is 1.90 bits per heavy atom. The molecule has 0 atom stereocenters. The van der Waals surface area contributed by atoms with Crippen molar-refractivity contribution in [1.29, 1.82) is 0 Å². The largest absolute Gasteiger partial charge is 0.450 e. The Morgan fingerprint density at radius 3 is 2.50 bits per heavy atom. The van der Waals surface area contributed by atoms with Gasteiger partial charge in [-0.2, -0.15) is 0 Å². The third-order valence-corrected chi connectivity index (χ3v) is 2.97. The lowest BCUT2D eigenvalue weighted by atomic mass is 10.2. The summed E-state index contributed by atoms with van der Waals surface area (Å²) in [6.45, 7) is 3.05. The smallest absolute Gasteiger partial charge is 0.198 e. The second-order valence-electron chi connectivity index (χ2n) is 4.11. The molecule has 0 saturated heterocycles. The van der Waals surface area contributed by atoms with Crippen LogP contribution >= 0.6 is 15.9 Å². The highest BCUT2D eigenvalue weighted by Crippen LogP contribution is 2.29. The average Bonchev–Trinajstić information content (AvgIpc) is 2.40. The zero-order chi connectivity index (χ0) is 14.5. The van der Waals surface area contributed by atoms with E-state index >= 15 is 0 Å². The van der Waals surface area contributed by atoms with Crippen molar-refractivity contribution in [3.8, 4) is 11.5 Å². The van der Waals surface area contributed by atoms with E-state index < -0.39 is 17.4 Å². The number of benzene rings is 1. The summed E-state index contributed by atoms with van der Waals surface area (Å²) in [6.07, 6.45) is 2.94. The minimum absolute atomic E-state index is 0.261. The molecule has 2 aromatic rings. The van der Waals surface area contributed by atoms with Crippen molar-refractivity contribution in [2.75, 3.05) is 6.54 Å². The van der Waals surface area contributed by atoms with E-state index in [1.807, 2.05) is 6.92 Å². The molecule has 0 aliphatic carbocycles. The molecule has 0 aliphatic heterocycles. The molecule has 0 saturated carbocycles. The number of pyridine rings is 1. The first-order valence-electron chi connectivity index (χ1n) is 6.07. The van der Waals surface area contributed by atoms with E-state index in [0.717, 1.165) is 6.54 Å². The van der Waals surface area contributed by atoms with Crippen LogP contribution in [0.4, 0.5) is 8.78 Å². The van der Waals surface area contributed by atoms with Crippen LogP contribution in [-0.2, 0) is 6.54 Å². The molecule has 0 bridgehead atoms. The van der Waals surface area contributed by atoms with Crippen LogP contribution < -0.4 is 10.1 Å². The number of hydrogen-bond donors (Lipinski definition) is 1. The maximum atomic E-state index is 13.9. The summed E-state index contributed by atoms with van der Waals surface area (Å²) >= 11 is 3.21. The van der Waals surface area contributed by atoms with E-state index in [1.165, 1.54) is 18.3 Å². The molecule has 1 N–H and O–H groups in total. The number of halogens is 3. The van der Waals surface area contributed by atoms with Crippen LogP contribution in [0.2, 0.25) is 0 Å². The Balaban J connectivity index is 2.24. The number of nitrogens with one attached hydrogen (secondary N) is 1. The molecular formula is C14H13BrF2N2O. The minimum atomic E-state index is -0.738. The van der Waals surface area contributed by atoms with Gasteiger partial charge in [0.2, 0.25) is 0 Å². The van der Waals surface area contributed by atoms with Crippen LogP contribution in [-0.4, -0.2) is 11.5 Å². The van der Waals surface area contributed by atoms with Crippen LogP contribution in [0.3, 0.4) is 0 Å². The van der Waals surface area contributed by atoms with E-state index in [-0.39, 0.29) is 5.75 Å². The minimum Gasteiger partial charge on any atom is -0.450 e. The predicted molar refractivity (Wildman–Crippen MR) is 75.7 cm³/mol. The highest BCUT2D eigenvalue weighted by molar-refractivity contribution is 9.10. The Kier molecular flexibility index (Phi) is 5.03. The molecule has 0 fully saturated rings. The van der Waals surface area contributed by atoms with E-state index in [4.69, 9.17) is 4.74 Å². The van der Waals surface area contributed by atoms with Gasteiger partial charge in [0.25, 0.3) is 0 Å². The molecule has 0 spiro atoms. The lowest BCUT2D eigenvalue weighted by Crippen LogP contribution is -2.12. The number of hydrogen-bond acceptors (Lipinski definition) is 3. The summed E-state index contributed by atoms with van der Waals surface area (Å²) in [5.41, 5.74) is 0.529. The summed E-state index contributed by atoms with van der Waals surface area (Å²) in [7, 11) is 0. The van der Waals surface area contributed by atoms with Gasteiger partial charge in [0.05, 0.1) is 6.20 Å². The van der Waals surface area contributed by atoms with Crippen molar-refractivity contribution in [2.45, 2.75) is 13.5 Å². The van der Waals surface area contributed by atoms with Crippen LogP contribution in [0.1, 0.15) is 12.5 Å². The quantitative estimate of drug-likeness (QED) is 0.890. The molecule has 6 heteroatoms. The normalized spacial score (nSPS) is 10.6. The lowest BCUT2D eigenvalue weighted by Gasteiger charge is -2.10. The summed E-state index contributed by atoms with van der Waals surface area (Å²) in [5, 5.41) is 3.01. The third kappa shape index (κ3) is 3.74.